The van der Waals surface area contributed by atoms with Gasteiger partial charge in [-0.25, -0.2) is 0 Å². The fourth-order valence-electron chi connectivity index (χ4n) is 3.92. The highest BCUT2D eigenvalue weighted by Gasteiger charge is 2.37. The summed E-state index contributed by atoms with van der Waals surface area (Å²) in [4.78, 5) is 23.4. The van der Waals surface area contributed by atoms with E-state index in [0.717, 1.165) is 57.8 Å². The monoisotopic (exact) mass is 297 g/mol. The van der Waals surface area contributed by atoms with Gasteiger partial charge in [-0.3, -0.25) is 9.59 Å². The number of hydrogen-bond acceptors (Lipinski definition) is 3. The Morgan fingerprint density at radius 3 is 2.29 bits per heavy atom. The Kier molecular flexibility index (Phi) is 5.62. The maximum atomic E-state index is 12.3. The molecule has 2 fully saturated rings. The van der Waals surface area contributed by atoms with Crippen LogP contribution in [-0.4, -0.2) is 34.2 Å². The molecule has 2 rings (SSSR count). The van der Waals surface area contributed by atoms with Gasteiger partial charge in [0.15, 0.2) is 0 Å². The number of hydrogen-bond donors (Lipinski definition) is 3. The first-order valence-corrected chi connectivity index (χ1v) is 8.20. The summed E-state index contributed by atoms with van der Waals surface area (Å²) in [5.41, 5.74) is -0.381. The highest BCUT2D eigenvalue weighted by molar-refractivity contribution is 5.78. The third kappa shape index (κ3) is 4.70. The van der Waals surface area contributed by atoms with E-state index < -0.39 is 12.1 Å². The number of nitrogens with one attached hydrogen (secondary N) is 1. The van der Waals surface area contributed by atoms with E-state index in [2.05, 4.69) is 5.32 Å². The maximum absolute atomic E-state index is 12.3. The highest BCUT2D eigenvalue weighted by Crippen LogP contribution is 2.42. The summed E-state index contributed by atoms with van der Waals surface area (Å²) in [7, 11) is 0. The van der Waals surface area contributed by atoms with Gasteiger partial charge in [0, 0.05) is 6.42 Å². The molecule has 1 amide bonds. The molecule has 5 heteroatoms. The minimum atomic E-state index is -0.817. The lowest BCUT2D eigenvalue weighted by molar-refractivity contribution is -0.141. The standard InChI is InChI=1S/C16H27NO4/c18-13-7-3-2-6-12(13)17-14(19)10-16(11-15(20)21)8-4-1-5-9-16/h12-13,18H,1-11H2,(H,17,19)(H,20,21). The zero-order valence-corrected chi connectivity index (χ0v) is 12.6. The second-order valence-corrected chi connectivity index (χ2v) is 6.83. The van der Waals surface area contributed by atoms with Gasteiger partial charge < -0.3 is 15.5 Å². The molecule has 120 valence electrons. The third-order valence-corrected chi connectivity index (χ3v) is 5.05. The number of carbonyl (C=O) groups excluding carboxylic acids is 1. The summed E-state index contributed by atoms with van der Waals surface area (Å²) in [6, 6.07) is -0.156. The second-order valence-electron chi connectivity index (χ2n) is 6.83. The lowest BCUT2D eigenvalue weighted by atomic mass is 9.69. The Morgan fingerprint density at radius 2 is 1.67 bits per heavy atom. The lowest BCUT2D eigenvalue weighted by Crippen LogP contribution is -2.46. The van der Waals surface area contributed by atoms with Gasteiger partial charge in [-0.05, 0) is 31.1 Å². The minimum Gasteiger partial charge on any atom is -0.481 e. The molecule has 0 bridgehead atoms. The number of aliphatic hydroxyl groups excluding tert-OH is 1. The minimum absolute atomic E-state index is 0.0770. The first-order valence-electron chi connectivity index (χ1n) is 8.20. The van der Waals surface area contributed by atoms with Gasteiger partial charge in [0.1, 0.15) is 0 Å². The number of aliphatic carboxylic acids is 1. The molecule has 5 nitrogen and oxygen atoms in total. The quantitative estimate of drug-likeness (QED) is 0.726. The molecule has 0 aromatic carbocycles. The largest absolute Gasteiger partial charge is 0.481 e. The van der Waals surface area contributed by atoms with Crippen LogP contribution < -0.4 is 5.32 Å². The molecule has 3 N–H and O–H groups in total. The summed E-state index contributed by atoms with van der Waals surface area (Å²) in [5.74, 6) is -0.911. The Labute approximate surface area is 126 Å². The summed E-state index contributed by atoms with van der Waals surface area (Å²) < 4.78 is 0. The summed E-state index contributed by atoms with van der Waals surface area (Å²) in [6.45, 7) is 0. The normalized spacial score (nSPS) is 28.8. The smallest absolute Gasteiger partial charge is 0.303 e. The fraction of sp³-hybridized carbons (Fsp3) is 0.875. The summed E-state index contributed by atoms with van der Waals surface area (Å²) in [6.07, 6.45) is 8.28. The van der Waals surface area contributed by atoms with Crippen LogP contribution in [0.2, 0.25) is 0 Å². The topological polar surface area (TPSA) is 86.6 Å². The van der Waals surface area contributed by atoms with Crippen LogP contribution in [0.1, 0.15) is 70.6 Å². The van der Waals surface area contributed by atoms with Gasteiger partial charge >= 0.3 is 5.97 Å². The zero-order chi connectivity index (χ0) is 15.3. The molecule has 0 aromatic rings. The van der Waals surface area contributed by atoms with Gasteiger partial charge in [-0.15, -0.1) is 0 Å². The third-order valence-electron chi connectivity index (χ3n) is 5.05. The van der Waals surface area contributed by atoms with Crippen molar-refractivity contribution in [2.75, 3.05) is 0 Å². The molecule has 2 atom stereocenters. The van der Waals surface area contributed by atoms with E-state index in [-0.39, 0.29) is 30.2 Å². The van der Waals surface area contributed by atoms with Crippen LogP contribution in [0.3, 0.4) is 0 Å². The second kappa shape index (κ2) is 7.25. The van der Waals surface area contributed by atoms with E-state index in [0.29, 0.717) is 0 Å². The van der Waals surface area contributed by atoms with E-state index in [1.54, 1.807) is 0 Å². The average molecular weight is 297 g/mol. The molecule has 2 aliphatic carbocycles. The number of rotatable bonds is 5. The number of amides is 1. The van der Waals surface area contributed by atoms with Gasteiger partial charge in [-0.1, -0.05) is 32.1 Å². The summed E-state index contributed by atoms with van der Waals surface area (Å²) in [5, 5.41) is 22.0. The van der Waals surface area contributed by atoms with Crippen LogP contribution in [0.15, 0.2) is 0 Å². The Hall–Kier alpha value is -1.10. The van der Waals surface area contributed by atoms with Crippen molar-refractivity contribution < 1.29 is 19.8 Å². The molecular formula is C16H27NO4. The van der Waals surface area contributed by atoms with Crippen molar-refractivity contribution in [3.63, 3.8) is 0 Å². The van der Waals surface area contributed by atoms with Gasteiger partial charge in [0.05, 0.1) is 18.6 Å². The Bertz CT molecular complexity index is 376. The number of carbonyl (C=O) groups is 2. The lowest BCUT2D eigenvalue weighted by Gasteiger charge is -2.36. The van der Waals surface area contributed by atoms with E-state index in [4.69, 9.17) is 5.11 Å². The van der Waals surface area contributed by atoms with Crippen LogP contribution in [0.25, 0.3) is 0 Å². The molecule has 0 aliphatic heterocycles. The van der Waals surface area contributed by atoms with Crippen LogP contribution >= 0.6 is 0 Å². The first kappa shape index (κ1) is 16.3. The van der Waals surface area contributed by atoms with Crippen LogP contribution in [0.4, 0.5) is 0 Å². The predicted octanol–water partition coefficient (Wildman–Crippen LogP) is 2.22. The van der Waals surface area contributed by atoms with Gasteiger partial charge in [-0.2, -0.15) is 0 Å². The molecule has 2 unspecified atom stereocenters. The number of aliphatic hydroxyl groups is 1. The van der Waals surface area contributed by atoms with Crippen LogP contribution in [0, 0.1) is 5.41 Å². The van der Waals surface area contributed by atoms with Crippen molar-refractivity contribution >= 4 is 11.9 Å². The van der Waals surface area contributed by atoms with Gasteiger partial charge in [0.25, 0.3) is 0 Å². The average Bonchev–Trinajstić information content (AvgIpc) is 2.41. The molecule has 2 saturated carbocycles. The molecule has 0 saturated heterocycles. The van der Waals surface area contributed by atoms with Crippen LogP contribution in [0.5, 0.6) is 0 Å². The molecule has 2 aliphatic rings. The van der Waals surface area contributed by atoms with Crippen molar-refractivity contribution in [1.29, 1.82) is 0 Å². The van der Waals surface area contributed by atoms with Crippen molar-refractivity contribution in [3.8, 4) is 0 Å². The highest BCUT2D eigenvalue weighted by atomic mass is 16.4. The summed E-state index contributed by atoms with van der Waals surface area (Å²) >= 11 is 0. The molecule has 21 heavy (non-hydrogen) atoms. The molecule has 0 aromatic heterocycles. The van der Waals surface area contributed by atoms with Crippen LogP contribution in [-0.2, 0) is 9.59 Å². The molecular weight excluding hydrogens is 270 g/mol. The van der Waals surface area contributed by atoms with E-state index in [1.165, 1.54) is 0 Å². The molecule has 0 radical (unpaired) electrons. The Balaban J connectivity index is 1.92. The van der Waals surface area contributed by atoms with Crippen molar-refractivity contribution in [1.82, 2.24) is 5.32 Å². The van der Waals surface area contributed by atoms with Crippen molar-refractivity contribution in [2.45, 2.75) is 82.8 Å². The SMILES string of the molecule is O=C(O)CC1(CC(=O)NC2CCCCC2O)CCCCC1. The molecule has 0 spiro atoms. The maximum Gasteiger partial charge on any atom is 0.303 e. The van der Waals surface area contributed by atoms with Gasteiger partial charge in [0.2, 0.25) is 5.91 Å². The number of carboxylic acid groups (broad SMARTS) is 1. The first-order chi connectivity index (χ1) is 10.0. The predicted molar refractivity (Wildman–Crippen MR) is 78.8 cm³/mol. The van der Waals surface area contributed by atoms with Crippen molar-refractivity contribution in [3.05, 3.63) is 0 Å². The van der Waals surface area contributed by atoms with E-state index in [9.17, 15) is 14.7 Å². The zero-order valence-electron chi connectivity index (χ0n) is 12.6. The van der Waals surface area contributed by atoms with E-state index in [1.807, 2.05) is 0 Å². The van der Waals surface area contributed by atoms with Crippen molar-refractivity contribution in [2.24, 2.45) is 5.41 Å². The number of carboxylic acids is 1. The molecule has 0 heterocycles. The van der Waals surface area contributed by atoms with E-state index >= 15 is 0 Å². The Morgan fingerprint density at radius 1 is 1.00 bits per heavy atom. The fourth-order valence-corrected chi connectivity index (χ4v) is 3.92.